The summed E-state index contributed by atoms with van der Waals surface area (Å²) in [6.07, 6.45) is 6.55. The second-order valence-corrected chi connectivity index (χ2v) is 16.5. The van der Waals surface area contributed by atoms with Crippen molar-refractivity contribution in [3.63, 3.8) is 0 Å². The van der Waals surface area contributed by atoms with Crippen molar-refractivity contribution in [2.45, 2.75) is 36.0 Å². The van der Waals surface area contributed by atoms with Crippen LogP contribution in [0.3, 0.4) is 0 Å². The van der Waals surface area contributed by atoms with Crippen molar-refractivity contribution >= 4 is 55.1 Å². The Bertz CT molecular complexity index is 2670. The molecule has 2 aromatic carbocycles. The van der Waals surface area contributed by atoms with E-state index >= 15 is 0 Å². The monoisotopic (exact) mass is 838 g/mol. The van der Waals surface area contributed by atoms with E-state index in [9.17, 15) is 31.2 Å². The fraction of sp³-hybridized carbons (Fsp3) is 0.167. The molecule has 0 spiro atoms. The number of rotatable bonds is 12. The van der Waals surface area contributed by atoms with Crippen LogP contribution in [0, 0.1) is 5.41 Å². The van der Waals surface area contributed by atoms with E-state index in [0.29, 0.717) is 18.3 Å². The zero-order valence-corrected chi connectivity index (χ0v) is 32.4. The van der Waals surface area contributed by atoms with Crippen molar-refractivity contribution in [3.8, 4) is 17.5 Å². The molecule has 16 nitrogen and oxygen atoms in total. The number of nitrogens with one attached hydrogen (secondary N) is 3. The summed E-state index contributed by atoms with van der Waals surface area (Å²) in [7, 11) is -8.04. The van der Waals surface area contributed by atoms with E-state index in [-0.39, 0.29) is 48.0 Å². The summed E-state index contributed by atoms with van der Waals surface area (Å²) < 4.78 is 61.6. The third-order valence-electron chi connectivity index (χ3n) is 8.60. The highest BCUT2D eigenvalue weighted by Crippen LogP contribution is 2.48. The average Bonchev–Trinajstić information content (AvgIpc) is 3.57. The first kappa shape index (κ1) is 39.9. The van der Waals surface area contributed by atoms with Crippen molar-refractivity contribution in [3.05, 3.63) is 141 Å². The SMILES string of the molecule is CCC1(COc2ccn(-c3ccc(C(=O)NS(=O)(=O)c4ccccc4)c(Cl)n3)n2)CC1.O=C(NS(=O)(=O)c1ccccc1)c1ccc(-n2ccc(=O)[nH]2)nc1Cl. The minimum atomic E-state index is -4.02. The molecule has 3 N–H and O–H groups in total. The topological polar surface area (TPSA) is 217 Å². The molecule has 0 bridgehead atoms. The zero-order valence-electron chi connectivity index (χ0n) is 29.3. The van der Waals surface area contributed by atoms with Crippen LogP contribution in [0.25, 0.3) is 11.6 Å². The Morgan fingerprint density at radius 1 is 0.750 bits per heavy atom. The quantitative estimate of drug-likeness (QED) is 0.140. The highest BCUT2D eigenvalue weighted by molar-refractivity contribution is 7.90. The van der Waals surface area contributed by atoms with Gasteiger partial charge in [0.1, 0.15) is 10.3 Å². The number of H-pyrrole nitrogens is 1. The number of sulfonamides is 2. The van der Waals surface area contributed by atoms with Gasteiger partial charge in [-0.3, -0.25) is 19.5 Å². The van der Waals surface area contributed by atoms with Crippen molar-refractivity contribution < 1.29 is 31.2 Å². The lowest BCUT2D eigenvalue weighted by Gasteiger charge is -2.11. The Morgan fingerprint density at radius 3 is 1.73 bits per heavy atom. The maximum Gasteiger partial charge on any atom is 0.268 e. The van der Waals surface area contributed by atoms with Crippen LogP contribution in [0.5, 0.6) is 5.88 Å². The minimum Gasteiger partial charge on any atom is -0.476 e. The second kappa shape index (κ2) is 16.5. The Hall–Kier alpha value is -5.82. The number of hydrogen-bond acceptors (Lipinski definition) is 11. The Balaban J connectivity index is 0.000000194. The predicted molar refractivity (Wildman–Crippen MR) is 205 cm³/mol. The van der Waals surface area contributed by atoms with Crippen LogP contribution in [0.1, 0.15) is 46.9 Å². The van der Waals surface area contributed by atoms with Gasteiger partial charge in [0.15, 0.2) is 11.6 Å². The van der Waals surface area contributed by atoms with E-state index < -0.39 is 31.9 Å². The van der Waals surface area contributed by atoms with Gasteiger partial charge in [0.2, 0.25) is 5.88 Å². The van der Waals surface area contributed by atoms with Gasteiger partial charge in [-0.05, 0) is 67.8 Å². The number of aromatic amines is 1. The molecule has 4 heterocycles. The van der Waals surface area contributed by atoms with Crippen molar-refractivity contribution in [2.75, 3.05) is 6.61 Å². The van der Waals surface area contributed by atoms with Crippen LogP contribution in [0.15, 0.2) is 124 Å². The Kier molecular flexibility index (Phi) is 11.7. The van der Waals surface area contributed by atoms with E-state index in [0.717, 1.165) is 6.42 Å². The summed E-state index contributed by atoms with van der Waals surface area (Å²) in [5, 5.41) is 6.47. The number of nitrogens with zero attached hydrogens (tertiary/aromatic N) is 5. The Morgan fingerprint density at radius 2 is 1.27 bits per heavy atom. The molecule has 0 atom stereocenters. The molecule has 4 aromatic heterocycles. The van der Waals surface area contributed by atoms with E-state index in [1.54, 1.807) is 48.7 Å². The predicted octanol–water partition coefficient (Wildman–Crippen LogP) is 4.94. The normalized spacial score (nSPS) is 13.2. The molecule has 7 rings (SSSR count). The van der Waals surface area contributed by atoms with Crippen LogP contribution < -0.4 is 19.7 Å². The summed E-state index contributed by atoms with van der Waals surface area (Å²) in [5.74, 6) is -0.650. The molecule has 1 aliphatic rings. The third-order valence-corrected chi connectivity index (χ3v) is 11.9. The first-order valence-electron chi connectivity index (χ1n) is 16.7. The maximum absolute atomic E-state index is 12.5. The summed E-state index contributed by atoms with van der Waals surface area (Å²) in [6, 6.07) is 23.8. The number of carbonyl (C=O) groups excluding carboxylic acids is 2. The van der Waals surface area contributed by atoms with Crippen LogP contribution in [0.4, 0.5) is 0 Å². The number of benzene rings is 2. The third kappa shape index (κ3) is 9.51. The number of carbonyl (C=O) groups is 2. The van der Waals surface area contributed by atoms with Crippen LogP contribution in [-0.2, 0) is 20.0 Å². The number of amides is 2. The highest BCUT2D eigenvalue weighted by atomic mass is 35.5. The molecule has 56 heavy (non-hydrogen) atoms. The molecule has 0 saturated heterocycles. The molecule has 6 aromatic rings. The largest absolute Gasteiger partial charge is 0.476 e. The van der Waals surface area contributed by atoms with Crippen LogP contribution >= 0.6 is 23.2 Å². The lowest BCUT2D eigenvalue weighted by atomic mass is 10.1. The zero-order chi connectivity index (χ0) is 40.1. The maximum atomic E-state index is 12.5. The van der Waals surface area contributed by atoms with Gasteiger partial charge in [0.05, 0.1) is 27.5 Å². The van der Waals surface area contributed by atoms with Gasteiger partial charge < -0.3 is 4.74 Å². The van der Waals surface area contributed by atoms with Gasteiger partial charge >= 0.3 is 0 Å². The summed E-state index contributed by atoms with van der Waals surface area (Å²) in [5.41, 5.74) is -0.222. The molecular formula is C36H32Cl2N8O8S2. The molecule has 1 saturated carbocycles. The van der Waals surface area contributed by atoms with E-state index in [4.69, 9.17) is 27.9 Å². The molecule has 290 valence electrons. The molecular weight excluding hydrogens is 807 g/mol. The van der Waals surface area contributed by atoms with Gasteiger partial charge in [-0.1, -0.05) is 66.5 Å². The van der Waals surface area contributed by atoms with Crippen LogP contribution in [-0.4, -0.2) is 64.8 Å². The smallest absolute Gasteiger partial charge is 0.268 e. The molecule has 1 aliphatic carbocycles. The standard InChI is InChI=1S/C21H21ClN4O4S.C15H11ClN4O4S/c1-2-21(11-12-21)14-30-18-10-13-26(24-18)17-9-8-16(19(22)23-17)20(27)25-31(28,29)15-6-4-3-5-7-15;16-14-11(6-7-12(17-14)20-9-8-13(21)18-20)15(22)19-25(23,24)10-4-2-1-3-5-10/h3-10,13H,2,11-12,14H2,1H3,(H,25,27);1-9H,(H,18,21)(H,19,22). The van der Waals surface area contributed by atoms with Gasteiger partial charge in [-0.2, -0.15) is 0 Å². The minimum absolute atomic E-state index is 0.0239. The number of halogens is 2. The molecule has 0 aliphatic heterocycles. The van der Waals surface area contributed by atoms with E-state index in [1.807, 2.05) is 9.44 Å². The van der Waals surface area contributed by atoms with Crippen molar-refractivity contribution in [1.29, 1.82) is 0 Å². The van der Waals surface area contributed by atoms with Crippen molar-refractivity contribution in [2.24, 2.45) is 5.41 Å². The highest BCUT2D eigenvalue weighted by Gasteiger charge is 2.41. The number of ether oxygens (including phenoxy) is 1. The summed E-state index contributed by atoms with van der Waals surface area (Å²) in [6.45, 7) is 2.79. The number of pyridine rings is 2. The molecule has 2 amide bonds. The lowest BCUT2D eigenvalue weighted by Crippen LogP contribution is -2.31. The summed E-state index contributed by atoms with van der Waals surface area (Å²) in [4.78, 5) is 43.9. The Labute approximate surface area is 330 Å². The number of aromatic nitrogens is 6. The van der Waals surface area contributed by atoms with Crippen LogP contribution in [0.2, 0.25) is 10.3 Å². The number of hydrogen-bond donors (Lipinski definition) is 3. The van der Waals surface area contributed by atoms with E-state index in [2.05, 4.69) is 27.1 Å². The fourth-order valence-electron chi connectivity index (χ4n) is 5.11. The van der Waals surface area contributed by atoms with Gasteiger partial charge in [-0.15, -0.1) is 5.10 Å². The first-order chi connectivity index (χ1) is 26.7. The second-order valence-electron chi connectivity index (χ2n) is 12.4. The average molecular weight is 840 g/mol. The molecule has 1 fully saturated rings. The summed E-state index contributed by atoms with van der Waals surface area (Å²) >= 11 is 12.1. The van der Waals surface area contributed by atoms with Gasteiger partial charge in [0, 0.05) is 29.9 Å². The first-order valence-corrected chi connectivity index (χ1v) is 20.5. The fourth-order valence-corrected chi connectivity index (χ4v) is 7.55. The molecule has 20 heteroatoms. The van der Waals surface area contributed by atoms with Gasteiger partial charge in [0.25, 0.3) is 37.4 Å². The lowest BCUT2D eigenvalue weighted by molar-refractivity contribution is 0.0972. The van der Waals surface area contributed by atoms with E-state index in [1.165, 1.54) is 83.0 Å². The molecule has 0 radical (unpaired) electrons. The molecule has 0 unspecified atom stereocenters. The van der Waals surface area contributed by atoms with Crippen molar-refractivity contribution in [1.82, 2.24) is 39.0 Å². The van der Waals surface area contributed by atoms with Gasteiger partial charge in [-0.25, -0.2) is 45.6 Å².